The Bertz CT molecular complexity index is 1100. The molecule has 1 aliphatic rings. The van der Waals surface area contributed by atoms with E-state index < -0.39 is 0 Å². The molecule has 1 aromatic carbocycles. The predicted molar refractivity (Wildman–Crippen MR) is 103 cm³/mol. The van der Waals surface area contributed by atoms with Crippen LogP contribution in [0.3, 0.4) is 0 Å². The van der Waals surface area contributed by atoms with Crippen molar-refractivity contribution < 1.29 is 4.74 Å². The molecule has 28 heavy (non-hydrogen) atoms. The Labute approximate surface area is 162 Å². The summed E-state index contributed by atoms with van der Waals surface area (Å²) in [5.41, 5.74) is 3.96. The van der Waals surface area contributed by atoms with Gasteiger partial charge in [-0.25, -0.2) is 4.98 Å². The molecule has 8 heteroatoms. The van der Waals surface area contributed by atoms with E-state index in [0.717, 1.165) is 35.2 Å². The molecule has 0 bridgehead atoms. The highest BCUT2D eigenvalue weighted by Gasteiger charge is 2.30. The van der Waals surface area contributed by atoms with Gasteiger partial charge in [0.25, 0.3) is 0 Å². The van der Waals surface area contributed by atoms with Gasteiger partial charge in [-0.2, -0.15) is 9.61 Å². The van der Waals surface area contributed by atoms with Gasteiger partial charge in [0.05, 0.1) is 0 Å². The summed E-state index contributed by atoms with van der Waals surface area (Å²) in [5, 5.41) is 20.5. The van der Waals surface area contributed by atoms with Crippen LogP contribution in [0.25, 0.3) is 17.0 Å². The molecule has 3 heterocycles. The molecule has 1 N–H and O–H groups in total. The van der Waals surface area contributed by atoms with Gasteiger partial charge in [-0.05, 0) is 32.6 Å². The largest absolute Gasteiger partial charge is 0.465 e. The van der Waals surface area contributed by atoms with E-state index in [1.165, 1.54) is 12.7 Å². The molecule has 8 nitrogen and oxygen atoms in total. The number of aromatic amines is 1. The van der Waals surface area contributed by atoms with Gasteiger partial charge < -0.3 is 4.74 Å². The molecule has 5 rings (SSSR count). The number of fused-ring (bicyclic) bond motifs is 1. The van der Waals surface area contributed by atoms with Gasteiger partial charge in [0.2, 0.25) is 5.88 Å². The second-order valence-corrected chi connectivity index (χ2v) is 7.23. The van der Waals surface area contributed by atoms with Crippen molar-refractivity contribution in [3.05, 3.63) is 53.6 Å². The van der Waals surface area contributed by atoms with Crippen molar-refractivity contribution in [1.82, 2.24) is 35.0 Å². The van der Waals surface area contributed by atoms with Crippen molar-refractivity contribution in [3.63, 3.8) is 0 Å². The van der Waals surface area contributed by atoms with E-state index in [0.29, 0.717) is 23.4 Å². The third kappa shape index (κ3) is 2.72. The first-order valence-electron chi connectivity index (χ1n) is 9.55. The minimum absolute atomic E-state index is 0.290. The second kappa shape index (κ2) is 6.70. The molecule has 0 amide bonds. The molecule has 1 saturated carbocycles. The summed E-state index contributed by atoms with van der Waals surface area (Å²) in [7, 11) is 0. The first-order chi connectivity index (χ1) is 13.7. The molecule has 0 radical (unpaired) electrons. The number of benzene rings is 1. The van der Waals surface area contributed by atoms with Crippen molar-refractivity contribution in [2.45, 2.75) is 45.1 Å². The summed E-state index contributed by atoms with van der Waals surface area (Å²) in [6.45, 7) is 4.02. The molecular weight excluding hydrogens is 354 g/mol. The Balaban J connectivity index is 1.65. The number of rotatable bonds is 5. The van der Waals surface area contributed by atoms with E-state index in [4.69, 9.17) is 9.84 Å². The lowest BCUT2D eigenvalue weighted by atomic mass is 9.79. The predicted octanol–water partition coefficient (Wildman–Crippen LogP) is 3.63. The molecule has 1 atom stereocenters. The summed E-state index contributed by atoms with van der Waals surface area (Å²) in [6.07, 6.45) is 4.71. The van der Waals surface area contributed by atoms with Gasteiger partial charge in [0, 0.05) is 16.7 Å². The Hall–Kier alpha value is -3.29. The summed E-state index contributed by atoms with van der Waals surface area (Å²) in [4.78, 5) is 4.21. The fourth-order valence-electron chi connectivity index (χ4n) is 3.70. The fraction of sp³-hybridized carbons (Fsp3) is 0.350. The van der Waals surface area contributed by atoms with Crippen LogP contribution in [-0.2, 0) is 0 Å². The second-order valence-electron chi connectivity index (χ2n) is 7.23. The Morgan fingerprint density at radius 1 is 1.18 bits per heavy atom. The zero-order chi connectivity index (χ0) is 19.1. The monoisotopic (exact) mass is 375 g/mol. The quantitative estimate of drug-likeness (QED) is 0.572. The standard InChI is InChI=1S/C20H21N7O/c1-12-16(14-9-6-10-14)20(28-13(2)17-21-11-22-23-17)26-27-18(12)24-25-19(27)15-7-4-3-5-8-15/h3-5,7-8,11,13-14H,6,9-10H2,1-2H3,(H,21,22,23). The molecule has 3 aromatic heterocycles. The van der Waals surface area contributed by atoms with E-state index >= 15 is 0 Å². The third-order valence-electron chi connectivity index (χ3n) is 5.45. The third-order valence-corrected chi connectivity index (χ3v) is 5.45. The Morgan fingerprint density at radius 2 is 2.00 bits per heavy atom. The van der Waals surface area contributed by atoms with Crippen molar-refractivity contribution in [1.29, 1.82) is 0 Å². The first kappa shape index (κ1) is 16.9. The van der Waals surface area contributed by atoms with Crippen molar-refractivity contribution in [2.75, 3.05) is 0 Å². The maximum absolute atomic E-state index is 6.27. The van der Waals surface area contributed by atoms with Gasteiger partial charge in [0.15, 0.2) is 23.4 Å². The highest BCUT2D eigenvalue weighted by molar-refractivity contribution is 5.62. The van der Waals surface area contributed by atoms with Gasteiger partial charge >= 0.3 is 0 Å². The zero-order valence-corrected chi connectivity index (χ0v) is 15.8. The summed E-state index contributed by atoms with van der Waals surface area (Å²) in [5.74, 6) is 2.45. The lowest BCUT2D eigenvalue weighted by molar-refractivity contribution is 0.198. The van der Waals surface area contributed by atoms with Crippen LogP contribution in [-0.4, -0.2) is 35.0 Å². The van der Waals surface area contributed by atoms with Crippen LogP contribution in [0.5, 0.6) is 5.88 Å². The summed E-state index contributed by atoms with van der Waals surface area (Å²) >= 11 is 0. The molecular formula is C20H21N7O. The van der Waals surface area contributed by atoms with Gasteiger partial charge in [-0.15, -0.1) is 15.3 Å². The molecule has 142 valence electrons. The van der Waals surface area contributed by atoms with Crippen LogP contribution in [0, 0.1) is 6.92 Å². The van der Waals surface area contributed by atoms with Crippen LogP contribution in [0.2, 0.25) is 0 Å². The number of aromatic nitrogens is 7. The number of ether oxygens (including phenoxy) is 1. The van der Waals surface area contributed by atoms with Crippen molar-refractivity contribution >= 4 is 5.65 Å². The molecule has 1 unspecified atom stereocenters. The van der Waals surface area contributed by atoms with Crippen LogP contribution < -0.4 is 4.74 Å². The van der Waals surface area contributed by atoms with Crippen LogP contribution >= 0.6 is 0 Å². The van der Waals surface area contributed by atoms with E-state index in [9.17, 15) is 0 Å². The average molecular weight is 375 g/mol. The summed E-state index contributed by atoms with van der Waals surface area (Å²) < 4.78 is 8.06. The highest BCUT2D eigenvalue weighted by Crippen LogP contribution is 2.43. The maximum atomic E-state index is 6.27. The van der Waals surface area contributed by atoms with Crippen LogP contribution in [0.15, 0.2) is 36.7 Å². The number of hydrogen-bond donors (Lipinski definition) is 1. The lowest BCUT2D eigenvalue weighted by Gasteiger charge is -2.29. The van der Waals surface area contributed by atoms with E-state index in [1.54, 1.807) is 4.52 Å². The van der Waals surface area contributed by atoms with Crippen molar-refractivity contribution in [3.8, 4) is 17.3 Å². The Kier molecular flexibility index (Phi) is 4.03. The van der Waals surface area contributed by atoms with E-state index in [-0.39, 0.29) is 6.10 Å². The fourth-order valence-corrected chi connectivity index (χ4v) is 3.70. The van der Waals surface area contributed by atoms with Gasteiger partial charge in [-0.3, -0.25) is 5.10 Å². The van der Waals surface area contributed by atoms with Crippen molar-refractivity contribution in [2.24, 2.45) is 0 Å². The molecule has 1 fully saturated rings. The number of aryl methyl sites for hydroxylation is 1. The molecule has 4 aromatic rings. The first-order valence-corrected chi connectivity index (χ1v) is 9.55. The molecule has 0 spiro atoms. The molecule has 0 aliphatic heterocycles. The SMILES string of the molecule is Cc1c(C2CCC2)c(OC(C)c2ncn[nH]2)nn2c(-c3ccccc3)nnc12. The molecule has 0 saturated heterocycles. The van der Waals surface area contributed by atoms with Gasteiger partial charge in [-0.1, -0.05) is 36.8 Å². The van der Waals surface area contributed by atoms with E-state index in [1.807, 2.05) is 37.3 Å². The van der Waals surface area contributed by atoms with E-state index in [2.05, 4.69) is 32.3 Å². The zero-order valence-electron chi connectivity index (χ0n) is 15.8. The van der Waals surface area contributed by atoms with Crippen LogP contribution in [0.4, 0.5) is 0 Å². The van der Waals surface area contributed by atoms with Crippen LogP contribution in [0.1, 0.15) is 55.2 Å². The smallest absolute Gasteiger partial charge is 0.236 e. The maximum Gasteiger partial charge on any atom is 0.236 e. The number of hydrogen-bond acceptors (Lipinski definition) is 6. The normalized spacial score (nSPS) is 15.5. The van der Waals surface area contributed by atoms with Gasteiger partial charge in [0.1, 0.15) is 6.33 Å². The number of H-pyrrole nitrogens is 1. The average Bonchev–Trinajstić information content (AvgIpc) is 3.34. The number of nitrogens with zero attached hydrogens (tertiary/aromatic N) is 6. The Morgan fingerprint density at radius 3 is 2.68 bits per heavy atom. The number of nitrogens with one attached hydrogen (secondary N) is 1. The highest BCUT2D eigenvalue weighted by atomic mass is 16.5. The topological polar surface area (TPSA) is 93.9 Å². The minimum atomic E-state index is -0.290. The summed E-state index contributed by atoms with van der Waals surface area (Å²) in [6, 6.07) is 9.95. The lowest BCUT2D eigenvalue weighted by Crippen LogP contribution is -2.17. The minimum Gasteiger partial charge on any atom is -0.465 e. The molecule has 1 aliphatic carbocycles.